The molecule has 1 aliphatic heterocycles. The van der Waals surface area contributed by atoms with E-state index in [0.717, 1.165) is 11.1 Å². The van der Waals surface area contributed by atoms with Crippen molar-refractivity contribution in [2.45, 2.75) is 25.8 Å². The fraction of sp³-hybridized carbons (Fsp3) is 0.400. The largest absolute Gasteiger partial charge is 0.573 e. The summed E-state index contributed by atoms with van der Waals surface area (Å²) in [5.74, 6) is -0.302. The first-order valence-electron chi connectivity index (χ1n) is 8.38. The first kappa shape index (κ1) is 18.7. The lowest BCUT2D eigenvalue weighted by Gasteiger charge is -2.56. The van der Waals surface area contributed by atoms with Gasteiger partial charge in [0.2, 0.25) is 0 Å². The van der Waals surface area contributed by atoms with Gasteiger partial charge in [0.15, 0.2) is 0 Å². The van der Waals surface area contributed by atoms with Gasteiger partial charge in [-0.15, -0.1) is 13.2 Å². The Bertz CT molecular complexity index is 782. The standard InChI is InChI=1S/C20H22F3NO2/c1-14-5-4-6-16(11-14)19(25,18(2)12-24(3)13-18)15-7-9-17(10-8-15)26-20(21,22)23/h4-11,25H,12-13H2,1-3H3. The average molecular weight is 365 g/mol. The number of nitrogens with zero attached hydrogens (tertiary/aromatic N) is 1. The highest BCUT2D eigenvalue weighted by atomic mass is 19.4. The maximum absolute atomic E-state index is 12.4. The number of benzene rings is 2. The van der Waals surface area contributed by atoms with Crippen LogP contribution in [0.1, 0.15) is 23.6 Å². The van der Waals surface area contributed by atoms with Gasteiger partial charge in [0, 0.05) is 18.5 Å². The number of aliphatic hydroxyl groups is 1. The summed E-state index contributed by atoms with van der Waals surface area (Å²) in [5.41, 5.74) is 0.518. The number of ether oxygens (including phenoxy) is 1. The molecule has 0 bridgehead atoms. The van der Waals surface area contributed by atoms with Crippen molar-refractivity contribution in [1.29, 1.82) is 0 Å². The first-order chi connectivity index (χ1) is 12.0. The van der Waals surface area contributed by atoms with Crippen LogP contribution in [-0.2, 0) is 5.60 Å². The summed E-state index contributed by atoms with van der Waals surface area (Å²) in [6.07, 6.45) is -4.74. The quantitative estimate of drug-likeness (QED) is 0.886. The molecule has 0 saturated carbocycles. The summed E-state index contributed by atoms with van der Waals surface area (Å²) < 4.78 is 41.2. The third kappa shape index (κ3) is 3.31. The van der Waals surface area contributed by atoms with E-state index in [-0.39, 0.29) is 5.75 Å². The fourth-order valence-corrected chi connectivity index (χ4v) is 4.01. The van der Waals surface area contributed by atoms with Crippen molar-refractivity contribution in [2.75, 3.05) is 20.1 Å². The Hall–Kier alpha value is -2.05. The maximum Gasteiger partial charge on any atom is 0.573 e. The molecule has 1 unspecified atom stereocenters. The lowest BCUT2D eigenvalue weighted by molar-refractivity contribution is -0.274. The smallest absolute Gasteiger partial charge is 0.406 e. The zero-order valence-corrected chi connectivity index (χ0v) is 15.0. The summed E-state index contributed by atoms with van der Waals surface area (Å²) in [6.45, 7) is 5.30. The van der Waals surface area contributed by atoms with Crippen LogP contribution in [0.5, 0.6) is 5.75 Å². The van der Waals surface area contributed by atoms with E-state index in [9.17, 15) is 18.3 Å². The predicted molar refractivity (Wildman–Crippen MR) is 92.9 cm³/mol. The second-order valence-corrected chi connectivity index (χ2v) is 7.39. The Kier molecular flexibility index (Phi) is 4.53. The monoisotopic (exact) mass is 365 g/mol. The second kappa shape index (κ2) is 6.28. The number of aryl methyl sites for hydroxylation is 1. The molecular weight excluding hydrogens is 343 g/mol. The number of rotatable bonds is 4. The fourth-order valence-electron chi connectivity index (χ4n) is 4.01. The Labute approximate surface area is 151 Å². The van der Waals surface area contributed by atoms with Crippen molar-refractivity contribution >= 4 is 0 Å². The molecule has 1 atom stereocenters. The molecule has 0 aromatic heterocycles. The van der Waals surface area contributed by atoms with Gasteiger partial charge in [-0.2, -0.15) is 0 Å². The van der Waals surface area contributed by atoms with Gasteiger partial charge in [-0.25, -0.2) is 0 Å². The molecule has 3 nitrogen and oxygen atoms in total. The minimum atomic E-state index is -4.74. The van der Waals surface area contributed by atoms with Crippen LogP contribution in [0.4, 0.5) is 13.2 Å². The normalized spacial score (nSPS) is 19.5. The van der Waals surface area contributed by atoms with Gasteiger partial charge < -0.3 is 14.7 Å². The van der Waals surface area contributed by atoms with E-state index in [1.165, 1.54) is 24.3 Å². The van der Waals surface area contributed by atoms with Crippen LogP contribution in [0.25, 0.3) is 0 Å². The molecule has 2 aromatic carbocycles. The summed E-state index contributed by atoms with van der Waals surface area (Å²) in [6, 6.07) is 13.1. The van der Waals surface area contributed by atoms with Crippen molar-refractivity contribution in [3.63, 3.8) is 0 Å². The molecule has 0 spiro atoms. The molecule has 1 fully saturated rings. The van der Waals surface area contributed by atoms with Crippen LogP contribution in [0, 0.1) is 12.3 Å². The van der Waals surface area contributed by atoms with E-state index in [1.54, 1.807) is 0 Å². The van der Waals surface area contributed by atoms with Crippen LogP contribution in [0.3, 0.4) is 0 Å². The number of alkyl halides is 3. The number of hydrogen-bond acceptors (Lipinski definition) is 3. The van der Waals surface area contributed by atoms with Crippen LogP contribution in [0.15, 0.2) is 48.5 Å². The molecule has 0 radical (unpaired) electrons. The van der Waals surface area contributed by atoms with Gasteiger partial charge in [-0.1, -0.05) is 48.9 Å². The molecule has 1 heterocycles. The molecular formula is C20H22F3NO2. The van der Waals surface area contributed by atoms with E-state index >= 15 is 0 Å². The minimum absolute atomic E-state index is 0.302. The molecule has 1 saturated heterocycles. The van der Waals surface area contributed by atoms with Gasteiger partial charge in [0.05, 0.1) is 0 Å². The van der Waals surface area contributed by atoms with E-state index in [1.807, 2.05) is 45.2 Å². The predicted octanol–water partition coefficient (Wildman–Crippen LogP) is 4.08. The average Bonchev–Trinajstić information content (AvgIpc) is 2.52. The van der Waals surface area contributed by atoms with E-state index < -0.39 is 17.4 Å². The second-order valence-electron chi connectivity index (χ2n) is 7.39. The number of likely N-dealkylation sites (tertiary alicyclic amines) is 1. The van der Waals surface area contributed by atoms with Crippen LogP contribution >= 0.6 is 0 Å². The zero-order valence-electron chi connectivity index (χ0n) is 15.0. The van der Waals surface area contributed by atoms with Gasteiger partial charge in [0.1, 0.15) is 11.4 Å². The lowest BCUT2D eigenvalue weighted by atomic mass is 9.62. The molecule has 3 rings (SSSR count). The highest BCUT2D eigenvalue weighted by Gasteiger charge is 2.55. The molecule has 0 aliphatic carbocycles. The number of hydrogen-bond donors (Lipinski definition) is 1. The van der Waals surface area contributed by atoms with Crippen LogP contribution < -0.4 is 4.74 Å². The molecule has 1 aliphatic rings. The highest BCUT2D eigenvalue weighted by molar-refractivity contribution is 5.43. The molecule has 0 amide bonds. The molecule has 6 heteroatoms. The minimum Gasteiger partial charge on any atom is -0.406 e. The van der Waals surface area contributed by atoms with E-state index in [0.29, 0.717) is 18.7 Å². The van der Waals surface area contributed by atoms with Crippen molar-refractivity contribution in [3.05, 3.63) is 65.2 Å². The Morgan fingerprint density at radius 1 is 1.04 bits per heavy atom. The van der Waals surface area contributed by atoms with Gasteiger partial charge >= 0.3 is 6.36 Å². The maximum atomic E-state index is 12.4. The van der Waals surface area contributed by atoms with Gasteiger partial charge in [-0.05, 0) is 37.2 Å². The highest BCUT2D eigenvalue weighted by Crippen LogP contribution is 2.50. The SMILES string of the molecule is Cc1cccc(C(O)(c2ccc(OC(F)(F)F)cc2)C2(C)CN(C)C2)c1. The van der Waals surface area contributed by atoms with Crippen molar-refractivity contribution in [3.8, 4) is 5.75 Å². The van der Waals surface area contributed by atoms with Gasteiger partial charge in [0.25, 0.3) is 0 Å². The van der Waals surface area contributed by atoms with Crippen molar-refractivity contribution in [2.24, 2.45) is 5.41 Å². The number of halogens is 3. The van der Waals surface area contributed by atoms with Crippen LogP contribution in [-0.4, -0.2) is 36.5 Å². The van der Waals surface area contributed by atoms with Crippen molar-refractivity contribution < 1.29 is 23.0 Å². The van der Waals surface area contributed by atoms with E-state index in [2.05, 4.69) is 9.64 Å². The first-order valence-corrected chi connectivity index (χ1v) is 8.38. The Morgan fingerprint density at radius 2 is 1.65 bits per heavy atom. The van der Waals surface area contributed by atoms with Gasteiger partial charge in [-0.3, -0.25) is 0 Å². The Morgan fingerprint density at radius 3 is 2.15 bits per heavy atom. The van der Waals surface area contributed by atoms with Crippen LogP contribution in [0.2, 0.25) is 0 Å². The summed E-state index contributed by atoms with van der Waals surface area (Å²) in [5, 5.41) is 11.8. The third-order valence-electron chi connectivity index (χ3n) is 5.05. The molecule has 140 valence electrons. The Balaban J connectivity index is 2.04. The summed E-state index contributed by atoms with van der Waals surface area (Å²) in [7, 11) is 1.97. The summed E-state index contributed by atoms with van der Waals surface area (Å²) >= 11 is 0. The molecule has 2 aromatic rings. The third-order valence-corrected chi connectivity index (χ3v) is 5.05. The zero-order chi connectivity index (χ0) is 19.2. The molecule has 26 heavy (non-hydrogen) atoms. The van der Waals surface area contributed by atoms with E-state index in [4.69, 9.17) is 0 Å². The lowest BCUT2D eigenvalue weighted by Crippen LogP contribution is -2.63. The topological polar surface area (TPSA) is 32.7 Å². The summed E-state index contributed by atoms with van der Waals surface area (Å²) in [4.78, 5) is 2.10. The molecule has 1 N–H and O–H groups in total. The van der Waals surface area contributed by atoms with Crippen molar-refractivity contribution in [1.82, 2.24) is 4.90 Å².